The van der Waals surface area contributed by atoms with Crippen LogP contribution in [-0.2, 0) is 21.2 Å². The summed E-state index contributed by atoms with van der Waals surface area (Å²) in [4.78, 5) is 32.4. The Kier molecular flexibility index (Phi) is 10.1. The quantitative estimate of drug-likeness (QED) is 0.416. The molecule has 0 bridgehead atoms. The average molecular weight is 653 g/mol. The molecular formula is C32H43F3N4O5S. The topological polar surface area (TPSA) is 119 Å². The van der Waals surface area contributed by atoms with E-state index in [0.29, 0.717) is 30.7 Å². The number of hydrogen-bond acceptors (Lipinski definition) is 6. The van der Waals surface area contributed by atoms with Crippen LogP contribution in [0, 0.1) is 18.8 Å². The molecule has 0 aromatic heterocycles. The van der Waals surface area contributed by atoms with Crippen LogP contribution in [0.3, 0.4) is 0 Å². The minimum Gasteiger partial charge on any atom is -0.393 e. The Bertz CT molecular complexity index is 1440. The maximum absolute atomic E-state index is 14.3. The number of alkyl halides is 1. The summed E-state index contributed by atoms with van der Waals surface area (Å²) in [5.41, 5.74) is -0.532. The van der Waals surface area contributed by atoms with Gasteiger partial charge in [0.15, 0.2) is 0 Å². The second kappa shape index (κ2) is 13.5. The maximum Gasteiger partial charge on any atom is 0.266 e. The number of sulfonamides is 1. The molecule has 9 nitrogen and oxygen atoms in total. The number of rotatable bonds is 9. The van der Waals surface area contributed by atoms with Crippen LogP contribution in [0.1, 0.15) is 79.3 Å². The summed E-state index contributed by atoms with van der Waals surface area (Å²) in [5, 5.41) is 12.2. The summed E-state index contributed by atoms with van der Waals surface area (Å²) in [5.74, 6) is 0.435. The van der Waals surface area contributed by atoms with Crippen LogP contribution in [0.25, 0.3) is 0 Å². The first kappa shape index (κ1) is 33.6. The minimum absolute atomic E-state index is 0.0798. The van der Waals surface area contributed by atoms with E-state index < -0.39 is 33.9 Å². The van der Waals surface area contributed by atoms with Crippen LogP contribution in [0.4, 0.5) is 13.2 Å². The van der Waals surface area contributed by atoms with Crippen LogP contribution in [0.15, 0.2) is 35.3 Å². The molecule has 0 radical (unpaired) electrons. The van der Waals surface area contributed by atoms with Gasteiger partial charge in [0.1, 0.15) is 17.0 Å². The van der Waals surface area contributed by atoms with Gasteiger partial charge in [0.2, 0.25) is 10.0 Å². The predicted molar refractivity (Wildman–Crippen MR) is 164 cm³/mol. The summed E-state index contributed by atoms with van der Waals surface area (Å²) >= 11 is 0. The summed E-state index contributed by atoms with van der Waals surface area (Å²) < 4.78 is 67.2. The van der Waals surface area contributed by atoms with Gasteiger partial charge in [-0.25, -0.2) is 17.1 Å². The highest BCUT2D eigenvalue weighted by molar-refractivity contribution is 7.89. The molecule has 3 aliphatic heterocycles. The molecule has 3 heterocycles. The number of benzene rings is 1. The van der Waals surface area contributed by atoms with Gasteiger partial charge in [0.05, 0.1) is 12.4 Å². The number of allylic oxidation sites excluding steroid dienone is 1. The summed E-state index contributed by atoms with van der Waals surface area (Å²) in [6.07, 6.45) is 3.89. The predicted octanol–water partition coefficient (Wildman–Crippen LogP) is 4.14. The first-order chi connectivity index (χ1) is 21.3. The number of amides is 2. The number of carbonyl (C=O) groups excluding carboxylic acids is 2. The van der Waals surface area contributed by atoms with Gasteiger partial charge >= 0.3 is 0 Å². The van der Waals surface area contributed by atoms with Gasteiger partial charge in [-0.1, -0.05) is 6.07 Å². The lowest BCUT2D eigenvalue weighted by Gasteiger charge is -2.35. The lowest BCUT2D eigenvalue weighted by molar-refractivity contribution is -0.125. The molecule has 45 heavy (non-hydrogen) atoms. The number of carbonyl (C=O) groups is 2. The molecule has 0 unspecified atom stereocenters. The van der Waals surface area contributed by atoms with Crippen molar-refractivity contribution < 1.29 is 36.3 Å². The molecule has 2 N–H and O–H groups in total. The number of halogens is 3. The molecule has 5 rings (SSSR count). The van der Waals surface area contributed by atoms with Crippen LogP contribution < -0.4 is 5.32 Å². The van der Waals surface area contributed by atoms with E-state index in [0.717, 1.165) is 42.9 Å². The second-order valence-corrected chi connectivity index (χ2v) is 15.2. The van der Waals surface area contributed by atoms with Crippen molar-refractivity contribution in [3.05, 3.63) is 47.0 Å². The fraction of sp³-hybridized carbons (Fsp3) is 0.656. The molecule has 13 heteroatoms. The lowest BCUT2D eigenvalue weighted by atomic mass is 9.80. The minimum atomic E-state index is -3.61. The molecule has 2 saturated heterocycles. The summed E-state index contributed by atoms with van der Waals surface area (Å²) in [7, 11) is -3.61. The van der Waals surface area contributed by atoms with Crippen LogP contribution >= 0.6 is 0 Å². The molecule has 248 valence electrons. The number of hydrogen-bond donors (Lipinski definition) is 2. The van der Waals surface area contributed by atoms with Gasteiger partial charge < -0.3 is 15.3 Å². The third kappa shape index (κ3) is 7.62. The van der Waals surface area contributed by atoms with Crippen molar-refractivity contribution in [2.45, 2.75) is 82.3 Å². The monoisotopic (exact) mass is 652 g/mol. The molecule has 1 spiro atoms. The van der Waals surface area contributed by atoms with Crippen molar-refractivity contribution in [3.63, 3.8) is 0 Å². The van der Waals surface area contributed by atoms with Crippen LogP contribution in [0.5, 0.6) is 0 Å². The summed E-state index contributed by atoms with van der Waals surface area (Å²) in [6.45, 7) is 2.12. The number of likely N-dealkylation sites (tertiary alicyclic amines) is 1. The molecule has 1 aromatic carbocycles. The fourth-order valence-corrected chi connectivity index (χ4v) is 8.54. The van der Waals surface area contributed by atoms with Crippen molar-refractivity contribution in [3.8, 4) is 0 Å². The van der Waals surface area contributed by atoms with E-state index in [2.05, 4.69) is 5.32 Å². The van der Waals surface area contributed by atoms with Crippen LogP contribution in [0.2, 0.25) is 0 Å². The van der Waals surface area contributed by atoms with E-state index in [1.807, 2.05) is 6.92 Å². The highest BCUT2D eigenvalue weighted by Gasteiger charge is 2.48. The van der Waals surface area contributed by atoms with Gasteiger partial charge in [-0.3, -0.25) is 14.6 Å². The van der Waals surface area contributed by atoms with Crippen molar-refractivity contribution in [2.75, 3.05) is 38.5 Å². The first-order valence-corrected chi connectivity index (χ1v) is 17.5. The second-order valence-electron chi connectivity index (χ2n) is 13.1. The molecule has 1 aliphatic carbocycles. The zero-order chi connectivity index (χ0) is 32.4. The standard InChI is InChI=1S/C32H43F3N4O5S/c1-22-20-26(29(41)38-15-11-31(35,21-40)12-16-38)8-7-24(22)10-19-45(43,44)39-17-13-32(14-18-39)30(42)36-28(37-32)25-5-2-23(3-6-25)4-9-27(33)34/h7-9,20,23,25,40H,2-6,10-19,21H2,1H3,(H,36,37,42)/t23-,25-. The number of aliphatic hydroxyl groups excluding tert-OH is 1. The van der Waals surface area contributed by atoms with Crippen molar-refractivity contribution in [1.29, 1.82) is 0 Å². The number of aliphatic imine (C=N–C) groups is 1. The summed E-state index contributed by atoms with van der Waals surface area (Å²) in [6, 6.07) is 5.18. The Hall–Kier alpha value is -2.77. The number of aliphatic hydroxyl groups is 1. The maximum atomic E-state index is 14.3. The highest BCUT2D eigenvalue weighted by Crippen LogP contribution is 2.37. The highest BCUT2D eigenvalue weighted by atomic mass is 32.2. The number of amidine groups is 1. The number of piperidine rings is 2. The van der Waals surface area contributed by atoms with E-state index in [1.165, 1.54) is 4.31 Å². The van der Waals surface area contributed by atoms with E-state index in [-0.39, 0.29) is 74.8 Å². The molecule has 1 saturated carbocycles. The first-order valence-electron chi connectivity index (χ1n) is 15.9. The van der Waals surface area contributed by atoms with E-state index in [1.54, 1.807) is 23.1 Å². The lowest BCUT2D eigenvalue weighted by Crippen LogP contribution is -2.51. The molecule has 1 aromatic rings. The zero-order valence-electron chi connectivity index (χ0n) is 25.7. The number of nitrogens with one attached hydrogen (secondary N) is 1. The number of nitrogens with zero attached hydrogens (tertiary/aromatic N) is 3. The Morgan fingerprint density at radius 3 is 2.36 bits per heavy atom. The average Bonchev–Trinajstić information content (AvgIpc) is 3.34. The van der Waals surface area contributed by atoms with Crippen LogP contribution in [-0.4, -0.2) is 90.1 Å². The van der Waals surface area contributed by atoms with Gasteiger partial charge in [0.25, 0.3) is 17.9 Å². The molecule has 0 atom stereocenters. The van der Waals surface area contributed by atoms with E-state index in [9.17, 15) is 36.3 Å². The Balaban J connectivity index is 1.12. The Morgan fingerprint density at radius 1 is 1.09 bits per heavy atom. The van der Waals surface area contributed by atoms with Gasteiger partial charge in [-0.2, -0.15) is 8.78 Å². The van der Waals surface area contributed by atoms with E-state index >= 15 is 0 Å². The molecular weight excluding hydrogens is 609 g/mol. The van der Waals surface area contributed by atoms with Gasteiger partial charge in [0, 0.05) is 50.5 Å². The zero-order valence-corrected chi connectivity index (χ0v) is 26.6. The van der Waals surface area contributed by atoms with E-state index in [4.69, 9.17) is 4.99 Å². The van der Waals surface area contributed by atoms with Crippen molar-refractivity contribution in [1.82, 2.24) is 14.5 Å². The number of aryl methyl sites for hydroxylation is 2. The SMILES string of the molecule is Cc1cc(C(=O)N2CCC(F)(CO)CC2)ccc1CCS(=O)(=O)N1CCC2(CC1)N=C([C@H]1CC[C@H](CC=C(F)F)CC1)NC2=O. The molecule has 4 aliphatic rings. The smallest absolute Gasteiger partial charge is 0.266 e. The largest absolute Gasteiger partial charge is 0.393 e. The normalized spacial score (nSPS) is 25.1. The fourth-order valence-electron chi connectivity index (χ4n) is 7.06. The van der Waals surface area contributed by atoms with Gasteiger partial charge in [-0.15, -0.1) is 0 Å². The Labute approximate surface area is 263 Å². The molecule has 2 amide bonds. The Morgan fingerprint density at radius 2 is 1.76 bits per heavy atom. The van der Waals surface area contributed by atoms with Crippen molar-refractivity contribution in [2.24, 2.45) is 16.8 Å². The van der Waals surface area contributed by atoms with Crippen molar-refractivity contribution >= 4 is 27.7 Å². The molecule has 3 fully saturated rings. The van der Waals surface area contributed by atoms with Gasteiger partial charge in [-0.05, 0) is 93.5 Å². The third-order valence-electron chi connectivity index (χ3n) is 10.2. The third-order valence-corrected chi connectivity index (χ3v) is 12.1.